The normalized spacial score (nSPS) is 15.4. The van der Waals surface area contributed by atoms with Gasteiger partial charge in [0.1, 0.15) is 24.1 Å². The molecule has 0 aliphatic heterocycles. The Bertz CT molecular complexity index is 730. The summed E-state index contributed by atoms with van der Waals surface area (Å²) in [5.41, 5.74) is -1.39. The molecule has 0 fully saturated rings. The molecule has 0 unspecified atom stereocenters. The molecule has 0 radical (unpaired) electrons. The van der Waals surface area contributed by atoms with E-state index in [4.69, 9.17) is 0 Å². The van der Waals surface area contributed by atoms with Crippen molar-refractivity contribution in [3.63, 3.8) is 0 Å². The summed E-state index contributed by atoms with van der Waals surface area (Å²) >= 11 is 0. The second-order valence-electron chi connectivity index (χ2n) is 5.06. The number of hydrogen-bond acceptors (Lipinski definition) is 5. The van der Waals surface area contributed by atoms with Gasteiger partial charge in [0.05, 0.1) is 18.8 Å². The smallest absolute Gasteiger partial charge is 0.137 e. The van der Waals surface area contributed by atoms with Gasteiger partial charge in [-0.25, -0.2) is 18.7 Å². The minimum absolute atomic E-state index is 0.0367. The number of nitrogens with zero attached hydrogens (tertiary/aromatic N) is 6. The van der Waals surface area contributed by atoms with Crippen LogP contribution in [0, 0.1) is 5.82 Å². The van der Waals surface area contributed by atoms with Crippen LogP contribution in [0.5, 0.6) is 0 Å². The summed E-state index contributed by atoms with van der Waals surface area (Å²) < 4.78 is 17.2. The molecule has 8 heteroatoms. The summed E-state index contributed by atoms with van der Waals surface area (Å²) in [6.07, 6.45) is 5.97. The fourth-order valence-corrected chi connectivity index (χ4v) is 2.46. The Balaban J connectivity index is 2.07. The Morgan fingerprint density at radius 2 is 2.18 bits per heavy atom. The molecule has 0 aliphatic carbocycles. The van der Waals surface area contributed by atoms with Gasteiger partial charge < -0.3 is 5.11 Å². The van der Waals surface area contributed by atoms with E-state index in [9.17, 15) is 9.50 Å². The van der Waals surface area contributed by atoms with Gasteiger partial charge in [-0.1, -0.05) is 23.4 Å². The molecule has 0 saturated carbocycles. The summed E-state index contributed by atoms with van der Waals surface area (Å²) in [7, 11) is 0. The third kappa shape index (κ3) is 2.48. The first-order valence-electron chi connectivity index (χ1n) is 6.77. The SMILES string of the molecule is C[C@@H](n1ccnn1)[C@@](O)(Cn1cncn1)c1ccccc1F. The highest BCUT2D eigenvalue weighted by Crippen LogP contribution is 2.35. The molecule has 2 heterocycles. The summed E-state index contributed by atoms with van der Waals surface area (Å²) in [4.78, 5) is 3.86. The molecule has 0 aliphatic rings. The Hall–Kier alpha value is -2.61. The zero-order chi connectivity index (χ0) is 15.6. The topological polar surface area (TPSA) is 81.6 Å². The highest BCUT2D eigenvalue weighted by atomic mass is 19.1. The molecule has 114 valence electrons. The van der Waals surface area contributed by atoms with Crippen molar-refractivity contribution in [2.45, 2.75) is 25.1 Å². The van der Waals surface area contributed by atoms with Crippen LogP contribution in [0.15, 0.2) is 49.3 Å². The van der Waals surface area contributed by atoms with E-state index in [0.29, 0.717) is 0 Å². The largest absolute Gasteiger partial charge is 0.381 e. The van der Waals surface area contributed by atoms with Crippen LogP contribution < -0.4 is 0 Å². The Morgan fingerprint density at radius 3 is 2.82 bits per heavy atom. The molecule has 0 spiro atoms. The molecule has 3 rings (SSSR count). The number of hydrogen-bond donors (Lipinski definition) is 1. The Kier molecular flexibility index (Phi) is 3.68. The van der Waals surface area contributed by atoms with Crippen LogP contribution in [-0.4, -0.2) is 34.9 Å². The molecule has 0 saturated heterocycles. The fraction of sp³-hybridized carbons (Fsp3) is 0.286. The number of rotatable bonds is 5. The fourth-order valence-electron chi connectivity index (χ4n) is 2.46. The van der Waals surface area contributed by atoms with Crippen molar-refractivity contribution in [1.82, 2.24) is 29.8 Å². The third-order valence-corrected chi connectivity index (χ3v) is 3.74. The quantitative estimate of drug-likeness (QED) is 0.765. The van der Waals surface area contributed by atoms with Crippen molar-refractivity contribution in [1.29, 1.82) is 0 Å². The van der Waals surface area contributed by atoms with Gasteiger partial charge in [0, 0.05) is 11.8 Å². The number of aliphatic hydroxyl groups is 1. The Labute approximate surface area is 126 Å². The van der Waals surface area contributed by atoms with Gasteiger partial charge in [0.2, 0.25) is 0 Å². The van der Waals surface area contributed by atoms with Gasteiger partial charge in [0.15, 0.2) is 0 Å². The minimum Gasteiger partial charge on any atom is -0.381 e. The molecule has 0 bridgehead atoms. The average Bonchev–Trinajstić information content (AvgIpc) is 3.20. The monoisotopic (exact) mass is 302 g/mol. The lowest BCUT2D eigenvalue weighted by Gasteiger charge is -2.34. The van der Waals surface area contributed by atoms with Crippen molar-refractivity contribution >= 4 is 0 Å². The van der Waals surface area contributed by atoms with E-state index in [2.05, 4.69) is 20.4 Å². The molecule has 22 heavy (non-hydrogen) atoms. The predicted octanol–water partition coefficient (Wildman–Crippen LogP) is 1.16. The lowest BCUT2D eigenvalue weighted by atomic mass is 9.86. The molecular weight excluding hydrogens is 287 g/mol. The van der Waals surface area contributed by atoms with Gasteiger partial charge in [0.25, 0.3) is 0 Å². The highest BCUT2D eigenvalue weighted by Gasteiger charge is 2.40. The van der Waals surface area contributed by atoms with Crippen LogP contribution in [0.1, 0.15) is 18.5 Å². The van der Waals surface area contributed by atoms with E-state index in [1.54, 1.807) is 31.3 Å². The number of halogens is 1. The molecule has 2 atom stereocenters. The average molecular weight is 302 g/mol. The van der Waals surface area contributed by atoms with Crippen LogP contribution in [0.25, 0.3) is 0 Å². The summed E-state index contributed by atoms with van der Waals surface area (Å²) in [6.45, 7) is 1.78. The molecule has 0 amide bonds. The predicted molar refractivity (Wildman–Crippen MR) is 75.1 cm³/mol. The van der Waals surface area contributed by atoms with E-state index in [1.165, 1.54) is 34.3 Å². The number of aromatic nitrogens is 6. The Morgan fingerprint density at radius 1 is 1.36 bits per heavy atom. The van der Waals surface area contributed by atoms with Crippen molar-refractivity contribution in [2.24, 2.45) is 0 Å². The summed E-state index contributed by atoms with van der Waals surface area (Å²) in [5, 5.41) is 22.9. The van der Waals surface area contributed by atoms with Crippen LogP contribution in [-0.2, 0) is 12.1 Å². The van der Waals surface area contributed by atoms with Crippen molar-refractivity contribution < 1.29 is 9.50 Å². The minimum atomic E-state index is -1.56. The maximum Gasteiger partial charge on any atom is 0.137 e. The lowest BCUT2D eigenvalue weighted by Crippen LogP contribution is -2.40. The van der Waals surface area contributed by atoms with Crippen molar-refractivity contribution in [3.8, 4) is 0 Å². The van der Waals surface area contributed by atoms with E-state index in [1.807, 2.05) is 0 Å². The maximum atomic E-state index is 14.3. The molecular formula is C14H15FN6O. The molecule has 7 nitrogen and oxygen atoms in total. The summed E-state index contributed by atoms with van der Waals surface area (Å²) in [6, 6.07) is 5.57. The van der Waals surface area contributed by atoms with Crippen LogP contribution in [0.2, 0.25) is 0 Å². The maximum absolute atomic E-state index is 14.3. The molecule has 3 aromatic rings. The first-order valence-corrected chi connectivity index (χ1v) is 6.77. The van der Waals surface area contributed by atoms with Crippen LogP contribution in [0.3, 0.4) is 0 Å². The van der Waals surface area contributed by atoms with E-state index in [0.717, 1.165) is 0 Å². The van der Waals surface area contributed by atoms with Gasteiger partial charge in [-0.2, -0.15) is 5.10 Å². The third-order valence-electron chi connectivity index (χ3n) is 3.74. The second kappa shape index (κ2) is 5.64. The van der Waals surface area contributed by atoms with Gasteiger partial charge in [-0.05, 0) is 13.0 Å². The zero-order valence-electron chi connectivity index (χ0n) is 11.9. The van der Waals surface area contributed by atoms with E-state index >= 15 is 0 Å². The van der Waals surface area contributed by atoms with Crippen LogP contribution >= 0.6 is 0 Å². The van der Waals surface area contributed by atoms with Gasteiger partial charge in [-0.15, -0.1) is 5.10 Å². The first-order chi connectivity index (χ1) is 10.6. The van der Waals surface area contributed by atoms with E-state index in [-0.39, 0.29) is 12.1 Å². The molecule has 2 aromatic heterocycles. The van der Waals surface area contributed by atoms with Crippen LogP contribution in [0.4, 0.5) is 4.39 Å². The van der Waals surface area contributed by atoms with Gasteiger partial charge in [-0.3, -0.25) is 0 Å². The standard InChI is InChI=1S/C14H15FN6O/c1-11(21-7-6-17-19-21)14(22,8-20-10-16-9-18-20)12-4-2-3-5-13(12)15/h2-7,9-11,22H,8H2,1H3/t11-,14+/m1/s1. The lowest BCUT2D eigenvalue weighted by molar-refractivity contribution is -0.0373. The van der Waals surface area contributed by atoms with Crippen molar-refractivity contribution in [3.05, 3.63) is 60.7 Å². The first kappa shape index (κ1) is 14.3. The zero-order valence-corrected chi connectivity index (χ0v) is 11.9. The molecule has 1 N–H and O–H groups in total. The van der Waals surface area contributed by atoms with Crippen molar-refractivity contribution in [2.75, 3.05) is 0 Å². The van der Waals surface area contributed by atoms with Gasteiger partial charge >= 0.3 is 0 Å². The second-order valence-corrected chi connectivity index (χ2v) is 5.06. The van der Waals surface area contributed by atoms with E-state index < -0.39 is 17.5 Å². The summed E-state index contributed by atoms with van der Waals surface area (Å²) in [5.74, 6) is -0.489. The molecule has 1 aromatic carbocycles. The number of benzene rings is 1. The highest BCUT2D eigenvalue weighted by molar-refractivity contribution is 5.25.